The molecule has 0 spiro atoms. The van der Waals surface area contributed by atoms with Crippen LogP contribution in [0.5, 0.6) is 0 Å². The average molecular weight is 291 g/mol. The van der Waals surface area contributed by atoms with Crippen LogP contribution in [0, 0.1) is 5.41 Å². The van der Waals surface area contributed by atoms with Crippen molar-refractivity contribution in [2.75, 3.05) is 17.7 Å². The summed E-state index contributed by atoms with van der Waals surface area (Å²) in [5.41, 5.74) is 0.423. The fourth-order valence-electron chi connectivity index (χ4n) is 1.61. The van der Waals surface area contributed by atoms with E-state index in [1.54, 1.807) is 12.5 Å². The van der Waals surface area contributed by atoms with Gasteiger partial charge in [0.15, 0.2) is 0 Å². The van der Waals surface area contributed by atoms with Gasteiger partial charge in [-0.1, -0.05) is 0 Å². The molecular formula is C10H13BrClN3. The van der Waals surface area contributed by atoms with Crippen molar-refractivity contribution >= 4 is 33.3 Å². The lowest BCUT2D eigenvalue weighted by Gasteiger charge is -2.15. The Morgan fingerprint density at radius 1 is 1.53 bits per heavy atom. The Kier molecular flexibility index (Phi) is 3.46. The van der Waals surface area contributed by atoms with Crippen molar-refractivity contribution < 1.29 is 0 Å². The number of rotatable bonds is 5. The largest absolute Gasteiger partial charge is 0.368 e. The molecular weight excluding hydrogens is 277 g/mol. The van der Waals surface area contributed by atoms with Crippen molar-refractivity contribution in [1.82, 2.24) is 9.97 Å². The number of alkyl halides is 1. The summed E-state index contributed by atoms with van der Waals surface area (Å²) in [5, 5.41) is 3.34. The highest BCUT2D eigenvalue weighted by Gasteiger charge is 2.41. The molecule has 1 aromatic rings. The van der Waals surface area contributed by atoms with E-state index in [1.165, 1.54) is 12.8 Å². The van der Waals surface area contributed by atoms with E-state index in [0.717, 1.165) is 29.1 Å². The van der Waals surface area contributed by atoms with E-state index in [0.29, 0.717) is 5.41 Å². The quantitative estimate of drug-likeness (QED) is 0.847. The van der Waals surface area contributed by atoms with Crippen molar-refractivity contribution in [2.45, 2.75) is 19.3 Å². The first-order valence-electron chi connectivity index (χ1n) is 5.01. The zero-order valence-electron chi connectivity index (χ0n) is 8.34. The maximum Gasteiger partial charge on any atom is 0.143 e. The van der Waals surface area contributed by atoms with Gasteiger partial charge in [0.2, 0.25) is 0 Å². The number of nitrogens with one attached hydrogen (secondary N) is 1. The normalized spacial score (nSPS) is 17.5. The van der Waals surface area contributed by atoms with Crippen LogP contribution < -0.4 is 5.32 Å². The van der Waals surface area contributed by atoms with Gasteiger partial charge in [-0.3, -0.25) is 0 Å². The number of hydrogen-bond donors (Lipinski definition) is 1. The van der Waals surface area contributed by atoms with E-state index in [1.807, 2.05) is 0 Å². The van der Waals surface area contributed by atoms with E-state index in [2.05, 4.69) is 31.2 Å². The first kappa shape index (κ1) is 11.1. The fraction of sp³-hybridized carbons (Fsp3) is 0.600. The summed E-state index contributed by atoms with van der Waals surface area (Å²) in [6.07, 6.45) is 6.93. The van der Waals surface area contributed by atoms with Gasteiger partial charge in [-0.15, -0.1) is 11.6 Å². The molecule has 2 rings (SSSR count). The monoisotopic (exact) mass is 289 g/mol. The minimum absolute atomic E-state index is 0.423. The third-order valence-corrected chi connectivity index (χ3v) is 3.65. The second-order valence-corrected chi connectivity index (χ2v) is 5.24. The van der Waals surface area contributed by atoms with Gasteiger partial charge in [0.05, 0.1) is 4.47 Å². The van der Waals surface area contributed by atoms with Gasteiger partial charge in [-0.2, -0.15) is 0 Å². The molecule has 5 heteroatoms. The predicted molar refractivity (Wildman–Crippen MR) is 65.2 cm³/mol. The van der Waals surface area contributed by atoms with Crippen LogP contribution in [0.2, 0.25) is 0 Å². The van der Waals surface area contributed by atoms with E-state index >= 15 is 0 Å². The Balaban J connectivity index is 1.91. The smallest absolute Gasteiger partial charge is 0.143 e. The second-order valence-electron chi connectivity index (χ2n) is 4.01. The molecule has 0 saturated heterocycles. The molecule has 3 nitrogen and oxygen atoms in total. The Morgan fingerprint density at radius 2 is 2.33 bits per heavy atom. The van der Waals surface area contributed by atoms with Gasteiger partial charge in [0.1, 0.15) is 12.1 Å². The lowest BCUT2D eigenvalue weighted by atomic mass is 10.0. The average Bonchev–Trinajstić information content (AvgIpc) is 2.98. The molecule has 0 unspecified atom stereocenters. The SMILES string of the molecule is ClCCC1(CNc2ncncc2Br)CC1. The van der Waals surface area contributed by atoms with Crippen molar-refractivity contribution in [3.8, 4) is 0 Å². The number of hydrogen-bond acceptors (Lipinski definition) is 3. The molecule has 1 aliphatic rings. The summed E-state index contributed by atoms with van der Waals surface area (Å²) >= 11 is 9.19. The van der Waals surface area contributed by atoms with Crippen LogP contribution in [0.3, 0.4) is 0 Å². The molecule has 1 heterocycles. The zero-order valence-corrected chi connectivity index (χ0v) is 10.7. The van der Waals surface area contributed by atoms with Gasteiger partial charge in [0, 0.05) is 18.6 Å². The molecule has 0 aromatic carbocycles. The fourth-order valence-corrected chi connectivity index (χ4v) is 2.37. The van der Waals surface area contributed by atoms with Crippen LogP contribution in [0.4, 0.5) is 5.82 Å². The Morgan fingerprint density at radius 3 is 2.93 bits per heavy atom. The molecule has 1 saturated carbocycles. The maximum absolute atomic E-state index is 5.78. The summed E-state index contributed by atoms with van der Waals surface area (Å²) in [7, 11) is 0. The van der Waals surface area contributed by atoms with E-state index in [-0.39, 0.29) is 0 Å². The van der Waals surface area contributed by atoms with Crippen molar-refractivity contribution in [3.63, 3.8) is 0 Å². The molecule has 0 amide bonds. The Bertz CT molecular complexity index is 341. The van der Waals surface area contributed by atoms with E-state index in [9.17, 15) is 0 Å². The summed E-state index contributed by atoms with van der Waals surface area (Å²) in [4.78, 5) is 8.09. The molecule has 1 fully saturated rings. The summed E-state index contributed by atoms with van der Waals surface area (Å²) in [6, 6.07) is 0. The number of halogens is 2. The summed E-state index contributed by atoms with van der Waals surface area (Å²) in [5.74, 6) is 1.61. The summed E-state index contributed by atoms with van der Waals surface area (Å²) < 4.78 is 0.909. The number of nitrogens with zero attached hydrogens (tertiary/aromatic N) is 2. The highest BCUT2D eigenvalue weighted by molar-refractivity contribution is 9.10. The van der Waals surface area contributed by atoms with Crippen molar-refractivity contribution in [3.05, 3.63) is 17.0 Å². The first-order valence-corrected chi connectivity index (χ1v) is 6.34. The molecule has 1 aliphatic carbocycles. The molecule has 82 valence electrons. The van der Waals surface area contributed by atoms with Crippen LogP contribution in [0.25, 0.3) is 0 Å². The van der Waals surface area contributed by atoms with Crippen LogP contribution in [-0.2, 0) is 0 Å². The topological polar surface area (TPSA) is 37.8 Å². The van der Waals surface area contributed by atoms with Gasteiger partial charge in [-0.25, -0.2) is 9.97 Å². The highest BCUT2D eigenvalue weighted by Crippen LogP contribution is 2.48. The minimum Gasteiger partial charge on any atom is -0.368 e. The minimum atomic E-state index is 0.423. The zero-order chi connectivity index (χ0) is 10.7. The molecule has 15 heavy (non-hydrogen) atoms. The molecule has 1 N–H and O–H groups in total. The first-order chi connectivity index (χ1) is 7.26. The van der Waals surface area contributed by atoms with E-state index in [4.69, 9.17) is 11.6 Å². The lowest BCUT2D eigenvalue weighted by Crippen LogP contribution is -2.16. The number of aromatic nitrogens is 2. The lowest BCUT2D eigenvalue weighted by molar-refractivity contribution is 0.524. The Labute approximate surface area is 103 Å². The van der Waals surface area contributed by atoms with Crippen LogP contribution in [0.15, 0.2) is 17.0 Å². The number of anilines is 1. The van der Waals surface area contributed by atoms with Gasteiger partial charge in [0.25, 0.3) is 0 Å². The molecule has 0 radical (unpaired) electrons. The third-order valence-electron chi connectivity index (χ3n) is 2.88. The molecule has 1 aromatic heterocycles. The van der Waals surface area contributed by atoms with Crippen LogP contribution in [-0.4, -0.2) is 22.4 Å². The van der Waals surface area contributed by atoms with Crippen molar-refractivity contribution in [1.29, 1.82) is 0 Å². The Hall–Kier alpha value is -0.350. The van der Waals surface area contributed by atoms with Crippen LogP contribution in [0.1, 0.15) is 19.3 Å². The van der Waals surface area contributed by atoms with Crippen molar-refractivity contribution in [2.24, 2.45) is 5.41 Å². The molecule has 0 bridgehead atoms. The maximum atomic E-state index is 5.78. The van der Waals surface area contributed by atoms with Gasteiger partial charge >= 0.3 is 0 Å². The van der Waals surface area contributed by atoms with Gasteiger partial charge in [-0.05, 0) is 40.6 Å². The van der Waals surface area contributed by atoms with Gasteiger partial charge < -0.3 is 5.32 Å². The molecule has 0 atom stereocenters. The highest BCUT2D eigenvalue weighted by atomic mass is 79.9. The molecule has 0 aliphatic heterocycles. The van der Waals surface area contributed by atoms with E-state index < -0.39 is 0 Å². The second kappa shape index (κ2) is 4.66. The third kappa shape index (κ3) is 2.82. The summed E-state index contributed by atoms with van der Waals surface area (Å²) in [6.45, 7) is 0.954. The standard InChI is InChI=1S/C10H13BrClN3/c11-8-5-13-7-15-9(8)14-6-10(1-2-10)3-4-12/h5,7H,1-4,6H2,(H,13,14,15). The predicted octanol–water partition coefficient (Wildman–Crippen LogP) is 3.06. The van der Waals surface area contributed by atoms with Crippen LogP contribution >= 0.6 is 27.5 Å².